The topological polar surface area (TPSA) is 57.7 Å². The zero-order valence-electron chi connectivity index (χ0n) is 13.0. The number of benzene rings is 2. The molecule has 0 bridgehead atoms. The number of hydrogen-bond donors (Lipinski definition) is 0. The second-order valence-electron chi connectivity index (χ2n) is 6.19. The molecule has 0 unspecified atom stereocenters. The SMILES string of the molecule is O=C1N(c2ccc(Cl)cc2)[C@@H]2CS(=O)(=O)C[C@@H]2N1c1cccc(Cl)c1. The van der Waals surface area contributed by atoms with Gasteiger partial charge in [-0.1, -0.05) is 29.3 Å². The predicted molar refractivity (Wildman–Crippen MR) is 99.5 cm³/mol. The van der Waals surface area contributed by atoms with Crippen LogP contribution < -0.4 is 9.80 Å². The Kier molecular flexibility index (Phi) is 3.94. The van der Waals surface area contributed by atoms with Crippen molar-refractivity contribution in [3.8, 4) is 0 Å². The molecule has 0 aromatic heterocycles. The molecule has 8 heteroatoms. The Bertz CT molecular complexity index is 947. The van der Waals surface area contributed by atoms with Gasteiger partial charge in [-0.15, -0.1) is 0 Å². The molecule has 2 saturated heterocycles. The molecule has 0 aliphatic carbocycles. The number of anilines is 2. The fourth-order valence-corrected chi connectivity index (χ4v) is 5.76. The minimum absolute atomic E-state index is 0.0525. The average Bonchev–Trinajstić information content (AvgIpc) is 2.97. The summed E-state index contributed by atoms with van der Waals surface area (Å²) in [6.45, 7) is 0. The molecule has 2 atom stereocenters. The highest BCUT2D eigenvalue weighted by Gasteiger charge is 2.54. The summed E-state index contributed by atoms with van der Waals surface area (Å²) in [6, 6.07) is 12.6. The van der Waals surface area contributed by atoms with Gasteiger partial charge in [0.1, 0.15) is 0 Å². The zero-order valence-corrected chi connectivity index (χ0v) is 15.3. The van der Waals surface area contributed by atoms with Crippen molar-refractivity contribution >= 4 is 50.4 Å². The van der Waals surface area contributed by atoms with E-state index in [1.165, 1.54) is 4.90 Å². The summed E-state index contributed by atoms with van der Waals surface area (Å²) >= 11 is 12.0. The molecule has 2 aromatic carbocycles. The number of sulfone groups is 1. The summed E-state index contributed by atoms with van der Waals surface area (Å²) in [6.07, 6.45) is 0. The van der Waals surface area contributed by atoms with E-state index in [4.69, 9.17) is 23.2 Å². The Balaban J connectivity index is 1.81. The van der Waals surface area contributed by atoms with Gasteiger partial charge in [0.25, 0.3) is 0 Å². The summed E-state index contributed by atoms with van der Waals surface area (Å²) in [5, 5.41) is 1.05. The maximum Gasteiger partial charge on any atom is 0.329 e. The van der Waals surface area contributed by atoms with Crippen LogP contribution in [0.25, 0.3) is 0 Å². The first kappa shape index (κ1) is 16.7. The molecule has 4 rings (SSSR count). The zero-order chi connectivity index (χ0) is 17.8. The van der Waals surface area contributed by atoms with Crippen LogP contribution in [-0.2, 0) is 9.84 Å². The lowest BCUT2D eigenvalue weighted by atomic mass is 10.1. The Hall–Kier alpha value is -1.76. The smallest absolute Gasteiger partial charge is 0.288 e. The Morgan fingerprint density at radius 2 is 1.44 bits per heavy atom. The van der Waals surface area contributed by atoms with E-state index in [1.54, 1.807) is 53.4 Å². The maximum atomic E-state index is 13.1. The normalized spacial score (nSPS) is 24.6. The van der Waals surface area contributed by atoms with Gasteiger partial charge in [-0.3, -0.25) is 9.80 Å². The van der Waals surface area contributed by atoms with E-state index in [1.807, 2.05) is 0 Å². The number of hydrogen-bond acceptors (Lipinski definition) is 3. The first-order valence-corrected chi connectivity index (χ1v) is 10.3. The highest BCUT2D eigenvalue weighted by atomic mass is 35.5. The minimum atomic E-state index is -3.22. The van der Waals surface area contributed by atoms with Gasteiger partial charge < -0.3 is 0 Å². The van der Waals surface area contributed by atoms with Crippen molar-refractivity contribution in [3.05, 3.63) is 58.6 Å². The predicted octanol–water partition coefficient (Wildman–Crippen LogP) is 3.61. The van der Waals surface area contributed by atoms with Crippen LogP contribution in [-0.4, -0.2) is 38.0 Å². The van der Waals surface area contributed by atoms with Gasteiger partial charge in [0, 0.05) is 21.4 Å². The first-order valence-electron chi connectivity index (χ1n) is 7.70. The number of halogens is 2. The lowest BCUT2D eigenvalue weighted by molar-refractivity contribution is 0.255. The largest absolute Gasteiger partial charge is 0.329 e. The standard InChI is InChI=1S/C17H14Cl2N2O3S/c18-11-4-6-13(7-5-11)20-15-9-25(23,24)10-16(15)21(17(20)22)14-3-1-2-12(19)8-14/h1-8,15-16H,9-10H2/t15-,16+/m1/s1. The molecule has 0 N–H and O–H groups in total. The Morgan fingerprint density at radius 3 is 2.04 bits per heavy atom. The molecular formula is C17H14Cl2N2O3S. The van der Waals surface area contributed by atoms with E-state index >= 15 is 0 Å². The fourth-order valence-electron chi connectivity index (χ4n) is 3.54. The van der Waals surface area contributed by atoms with Crippen LogP contribution in [0.4, 0.5) is 16.2 Å². The number of rotatable bonds is 2. The third-order valence-electron chi connectivity index (χ3n) is 4.56. The average molecular weight is 397 g/mol. The van der Waals surface area contributed by atoms with E-state index in [0.717, 1.165) is 0 Å². The number of amides is 2. The summed E-state index contributed by atoms with van der Waals surface area (Å²) in [5.74, 6) is -0.108. The van der Waals surface area contributed by atoms with Crippen molar-refractivity contribution in [1.29, 1.82) is 0 Å². The van der Waals surface area contributed by atoms with Gasteiger partial charge in [-0.2, -0.15) is 0 Å². The monoisotopic (exact) mass is 396 g/mol. The molecule has 2 heterocycles. The molecule has 0 spiro atoms. The summed E-state index contributed by atoms with van der Waals surface area (Å²) < 4.78 is 24.4. The van der Waals surface area contributed by atoms with E-state index in [2.05, 4.69) is 0 Å². The van der Waals surface area contributed by atoms with Crippen LogP contribution in [0.1, 0.15) is 0 Å². The lowest BCUT2D eigenvalue weighted by Gasteiger charge is -2.22. The minimum Gasteiger partial charge on any atom is -0.288 e. The number of nitrogens with zero attached hydrogens (tertiary/aromatic N) is 2. The van der Waals surface area contributed by atoms with Crippen molar-refractivity contribution in [3.63, 3.8) is 0 Å². The molecular weight excluding hydrogens is 383 g/mol. The van der Waals surface area contributed by atoms with Crippen molar-refractivity contribution in [2.75, 3.05) is 21.3 Å². The molecule has 130 valence electrons. The van der Waals surface area contributed by atoms with Gasteiger partial charge in [0.05, 0.1) is 23.6 Å². The van der Waals surface area contributed by atoms with Gasteiger partial charge in [-0.25, -0.2) is 13.2 Å². The second kappa shape index (κ2) is 5.90. The molecule has 2 fully saturated rings. The number of urea groups is 1. The van der Waals surface area contributed by atoms with Crippen molar-refractivity contribution < 1.29 is 13.2 Å². The third-order valence-corrected chi connectivity index (χ3v) is 6.75. The highest BCUT2D eigenvalue weighted by Crippen LogP contribution is 2.38. The molecule has 0 saturated carbocycles. The van der Waals surface area contributed by atoms with Crippen LogP contribution >= 0.6 is 23.2 Å². The number of carbonyl (C=O) groups excluding carboxylic acids is 1. The van der Waals surface area contributed by atoms with E-state index < -0.39 is 21.9 Å². The summed E-state index contributed by atoms with van der Waals surface area (Å²) in [5.41, 5.74) is 1.23. The molecule has 2 aliphatic rings. The molecule has 25 heavy (non-hydrogen) atoms. The summed E-state index contributed by atoms with van der Waals surface area (Å²) in [7, 11) is -3.22. The van der Waals surface area contributed by atoms with Gasteiger partial charge in [0.2, 0.25) is 0 Å². The van der Waals surface area contributed by atoms with Crippen LogP contribution in [0.5, 0.6) is 0 Å². The van der Waals surface area contributed by atoms with Gasteiger partial charge >= 0.3 is 6.03 Å². The van der Waals surface area contributed by atoms with Crippen molar-refractivity contribution in [2.45, 2.75) is 12.1 Å². The Morgan fingerprint density at radius 1 is 0.840 bits per heavy atom. The quantitative estimate of drug-likeness (QED) is 0.728. The first-order chi connectivity index (χ1) is 11.9. The van der Waals surface area contributed by atoms with Crippen molar-refractivity contribution in [1.82, 2.24) is 0 Å². The number of fused-ring (bicyclic) bond motifs is 1. The molecule has 2 aliphatic heterocycles. The highest BCUT2D eigenvalue weighted by molar-refractivity contribution is 7.91. The van der Waals surface area contributed by atoms with E-state index in [0.29, 0.717) is 21.4 Å². The number of carbonyl (C=O) groups is 1. The fraction of sp³-hybridized carbons (Fsp3) is 0.235. The van der Waals surface area contributed by atoms with Crippen LogP contribution in [0.3, 0.4) is 0 Å². The second-order valence-corrected chi connectivity index (χ2v) is 9.22. The van der Waals surface area contributed by atoms with E-state index in [-0.39, 0.29) is 17.5 Å². The Labute approximate surface area is 155 Å². The maximum absolute atomic E-state index is 13.1. The molecule has 2 aromatic rings. The van der Waals surface area contributed by atoms with Gasteiger partial charge in [-0.05, 0) is 42.5 Å². The lowest BCUT2D eigenvalue weighted by Crippen LogP contribution is -2.37. The van der Waals surface area contributed by atoms with Crippen molar-refractivity contribution in [2.24, 2.45) is 0 Å². The van der Waals surface area contributed by atoms with Crippen LogP contribution in [0.2, 0.25) is 10.0 Å². The third kappa shape index (κ3) is 2.88. The molecule has 5 nitrogen and oxygen atoms in total. The molecule has 0 radical (unpaired) electrons. The van der Waals surface area contributed by atoms with E-state index in [9.17, 15) is 13.2 Å². The van der Waals surface area contributed by atoms with Crippen LogP contribution in [0, 0.1) is 0 Å². The summed E-state index contributed by atoms with van der Waals surface area (Å²) in [4.78, 5) is 16.2. The van der Waals surface area contributed by atoms with Gasteiger partial charge in [0.15, 0.2) is 9.84 Å². The molecule has 2 amide bonds. The van der Waals surface area contributed by atoms with Crippen LogP contribution in [0.15, 0.2) is 48.5 Å².